The van der Waals surface area contributed by atoms with Crippen LogP contribution < -0.4 is 10.6 Å². The molecule has 2 rings (SSSR count). The van der Waals surface area contributed by atoms with Crippen LogP contribution in [0.15, 0.2) is 0 Å². The summed E-state index contributed by atoms with van der Waals surface area (Å²) in [5.41, 5.74) is 0.298. The van der Waals surface area contributed by atoms with Crippen molar-refractivity contribution >= 4 is 29.2 Å². The number of carbonyl (C=O) groups is 3. The number of aryl methyl sites for hydroxylation is 1. The van der Waals surface area contributed by atoms with Crippen LogP contribution in [0.5, 0.6) is 0 Å². The zero-order chi connectivity index (χ0) is 21.8. The summed E-state index contributed by atoms with van der Waals surface area (Å²) in [6.45, 7) is 6.94. The van der Waals surface area contributed by atoms with Gasteiger partial charge in [-0.1, -0.05) is 0 Å². The number of likely N-dealkylation sites (N-methyl/N-ethyl adjacent to an activating group) is 1. The highest BCUT2D eigenvalue weighted by molar-refractivity contribution is 7.13. The van der Waals surface area contributed by atoms with E-state index in [9.17, 15) is 14.4 Å². The lowest BCUT2D eigenvalue weighted by Crippen LogP contribution is -2.52. The molecule has 29 heavy (non-hydrogen) atoms. The van der Waals surface area contributed by atoms with Gasteiger partial charge in [0.25, 0.3) is 5.91 Å². The second-order valence-electron chi connectivity index (χ2n) is 8.37. The van der Waals surface area contributed by atoms with E-state index in [4.69, 9.17) is 4.74 Å². The Balaban J connectivity index is 2.06. The number of ether oxygens (including phenoxy) is 1. The van der Waals surface area contributed by atoms with Gasteiger partial charge in [0.15, 0.2) is 5.01 Å². The molecule has 162 valence electrons. The van der Waals surface area contributed by atoms with E-state index in [1.54, 1.807) is 34.9 Å². The largest absolute Gasteiger partial charge is 0.444 e. The summed E-state index contributed by atoms with van der Waals surface area (Å²) in [5.74, 6) is -0.746. The average molecular weight is 426 g/mol. The number of hydrogen-bond acceptors (Lipinski definition) is 7. The highest BCUT2D eigenvalue weighted by Crippen LogP contribution is 2.24. The number of aromatic nitrogens is 1. The van der Waals surface area contributed by atoms with Crippen LogP contribution in [-0.2, 0) is 22.5 Å². The van der Waals surface area contributed by atoms with Crippen LogP contribution in [-0.4, -0.2) is 78.6 Å². The van der Waals surface area contributed by atoms with Crippen molar-refractivity contribution in [1.82, 2.24) is 25.4 Å². The number of nitrogens with zero attached hydrogens (tertiary/aromatic N) is 3. The van der Waals surface area contributed by atoms with E-state index >= 15 is 0 Å². The number of carbonyl (C=O) groups excluding carboxylic acids is 3. The molecule has 2 N–H and O–H groups in total. The van der Waals surface area contributed by atoms with Gasteiger partial charge >= 0.3 is 6.09 Å². The van der Waals surface area contributed by atoms with E-state index < -0.39 is 23.6 Å². The fraction of sp³-hybridized carbons (Fsp3) is 0.684. The van der Waals surface area contributed by atoms with Gasteiger partial charge in [0, 0.05) is 25.5 Å². The van der Waals surface area contributed by atoms with E-state index in [0.717, 1.165) is 36.5 Å². The number of nitrogens with one attached hydrogen (secondary N) is 2. The highest BCUT2D eigenvalue weighted by Gasteiger charge is 2.27. The number of hydrogen-bond donors (Lipinski definition) is 2. The molecule has 0 aromatic carbocycles. The Morgan fingerprint density at radius 1 is 1.31 bits per heavy atom. The van der Waals surface area contributed by atoms with Crippen molar-refractivity contribution in [3.05, 3.63) is 15.6 Å². The normalized spacial score (nSPS) is 15.7. The quantitative estimate of drug-likeness (QED) is 0.735. The number of fused-ring (bicyclic) bond motifs is 1. The van der Waals surface area contributed by atoms with Crippen molar-refractivity contribution in [2.45, 2.75) is 51.8 Å². The average Bonchev–Trinajstić information content (AvgIpc) is 2.90. The molecule has 1 atom stereocenters. The number of alkyl carbamates (subject to hydrolysis) is 1. The summed E-state index contributed by atoms with van der Waals surface area (Å²) >= 11 is 1.35. The molecule has 2 heterocycles. The molecule has 1 aliphatic rings. The molecule has 1 aromatic heterocycles. The lowest BCUT2D eigenvalue weighted by Gasteiger charge is -2.23. The topological polar surface area (TPSA) is 104 Å². The van der Waals surface area contributed by atoms with Crippen LogP contribution in [0, 0.1) is 0 Å². The Kier molecular flexibility index (Phi) is 7.59. The van der Waals surface area contributed by atoms with E-state index in [1.165, 1.54) is 16.2 Å². The molecular weight excluding hydrogens is 394 g/mol. The molecule has 0 aliphatic carbocycles. The first kappa shape index (κ1) is 23.1. The maximum atomic E-state index is 12.7. The molecule has 0 saturated heterocycles. The Morgan fingerprint density at radius 3 is 2.62 bits per heavy atom. The van der Waals surface area contributed by atoms with E-state index in [-0.39, 0.29) is 12.5 Å². The van der Waals surface area contributed by atoms with E-state index in [2.05, 4.69) is 20.5 Å². The molecule has 0 spiro atoms. The van der Waals surface area contributed by atoms with Gasteiger partial charge in [0.2, 0.25) is 5.91 Å². The predicted octanol–water partition coefficient (Wildman–Crippen LogP) is 1.23. The monoisotopic (exact) mass is 425 g/mol. The summed E-state index contributed by atoms with van der Waals surface area (Å²) in [5, 5.41) is 5.58. The van der Waals surface area contributed by atoms with Gasteiger partial charge in [-0.25, -0.2) is 9.78 Å². The minimum Gasteiger partial charge on any atom is -0.444 e. The summed E-state index contributed by atoms with van der Waals surface area (Å²) in [6.07, 6.45) is 1.19. The number of rotatable bonds is 5. The van der Waals surface area contributed by atoms with Gasteiger partial charge in [0.05, 0.1) is 12.2 Å². The van der Waals surface area contributed by atoms with Crippen LogP contribution in [0.2, 0.25) is 0 Å². The first-order chi connectivity index (χ1) is 13.5. The lowest BCUT2D eigenvalue weighted by atomic mass is 10.2. The minimum atomic E-state index is -0.920. The summed E-state index contributed by atoms with van der Waals surface area (Å²) in [7, 11) is 5.23. The Labute approximate surface area is 175 Å². The molecule has 3 amide bonds. The second kappa shape index (κ2) is 9.53. The minimum absolute atomic E-state index is 0.0779. The molecule has 0 unspecified atom stereocenters. The maximum Gasteiger partial charge on any atom is 0.407 e. The number of thiazole rings is 1. The third-order valence-electron chi connectivity index (χ3n) is 4.23. The molecule has 0 fully saturated rings. The summed E-state index contributed by atoms with van der Waals surface area (Å²) < 4.78 is 5.19. The van der Waals surface area contributed by atoms with Gasteiger partial charge in [-0.15, -0.1) is 11.3 Å². The van der Waals surface area contributed by atoms with Crippen LogP contribution >= 0.6 is 11.3 Å². The molecule has 0 radical (unpaired) electrons. The van der Waals surface area contributed by atoms with Gasteiger partial charge in [-0.05, 0) is 47.2 Å². The first-order valence-corrected chi connectivity index (χ1v) is 10.4. The molecular formula is C19H31N5O4S. The summed E-state index contributed by atoms with van der Waals surface area (Å²) in [6, 6.07) is -0.920. The number of amides is 3. The highest BCUT2D eigenvalue weighted by atomic mass is 32.1. The standard InChI is InChI=1S/C19H31N5O4S/c1-19(2,3)28-18(27)20-10-13(17(26)23(4)5)21-15(25)16-22-12-8-7-9-24(6)11-14(12)29-16/h13H,7-11H2,1-6H3,(H,20,27)(H,21,25)/t13-/m0/s1. The van der Waals surface area contributed by atoms with Crippen molar-refractivity contribution in [3.8, 4) is 0 Å². The fourth-order valence-electron chi connectivity index (χ4n) is 2.87. The zero-order valence-corrected chi connectivity index (χ0v) is 18.8. The molecule has 9 nitrogen and oxygen atoms in total. The van der Waals surface area contributed by atoms with Crippen LogP contribution in [0.4, 0.5) is 4.79 Å². The van der Waals surface area contributed by atoms with Crippen LogP contribution in [0.1, 0.15) is 47.6 Å². The van der Waals surface area contributed by atoms with Crippen molar-refractivity contribution in [2.75, 3.05) is 34.2 Å². The zero-order valence-electron chi connectivity index (χ0n) is 18.0. The van der Waals surface area contributed by atoms with Crippen molar-refractivity contribution in [3.63, 3.8) is 0 Å². The van der Waals surface area contributed by atoms with E-state index in [0.29, 0.717) is 5.01 Å². The van der Waals surface area contributed by atoms with Gasteiger partial charge < -0.3 is 25.2 Å². The SMILES string of the molecule is CN1CCCc2nc(C(=O)N[C@@H](CNC(=O)OC(C)(C)C)C(=O)N(C)C)sc2C1. The molecule has 1 aromatic rings. The molecule has 0 saturated carbocycles. The van der Waals surface area contributed by atoms with E-state index in [1.807, 2.05) is 7.05 Å². The third-order valence-corrected chi connectivity index (χ3v) is 5.31. The lowest BCUT2D eigenvalue weighted by molar-refractivity contribution is -0.130. The van der Waals surface area contributed by atoms with Gasteiger partial charge in [-0.2, -0.15) is 0 Å². The Hall–Kier alpha value is -2.20. The summed E-state index contributed by atoms with van der Waals surface area (Å²) in [4.78, 5) is 46.3. The third kappa shape index (κ3) is 6.97. The van der Waals surface area contributed by atoms with Crippen molar-refractivity contribution in [1.29, 1.82) is 0 Å². The van der Waals surface area contributed by atoms with Crippen molar-refractivity contribution < 1.29 is 19.1 Å². The predicted molar refractivity (Wildman–Crippen MR) is 111 cm³/mol. The Bertz CT molecular complexity index is 756. The Morgan fingerprint density at radius 2 is 2.00 bits per heavy atom. The second-order valence-corrected chi connectivity index (χ2v) is 9.46. The fourth-order valence-corrected chi connectivity index (χ4v) is 3.96. The smallest absolute Gasteiger partial charge is 0.407 e. The van der Waals surface area contributed by atoms with Gasteiger partial charge in [0.1, 0.15) is 11.6 Å². The first-order valence-electron chi connectivity index (χ1n) is 9.62. The van der Waals surface area contributed by atoms with Crippen LogP contribution in [0.3, 0.4) is 0 Å². The molecule has 1 aliphatic heterocycles. The van der Waals surface area contributed by atoms with Crippen LogP contribution in [0.25, 0.3) is 0 Å². The van der Waals surface area contributed by atoms with Crippen molar-refractivity contribution in [2.24, 2.45) is 0 Å². The van der Waals surface area contributed by atoms with Gasteiger partial charge in [-0.3, -0.25) is 9.59 Å². The maximum absolute atomic E-state index is 12.7. The molecule has 0 bridgehead atoms. The molecule has 10 heteroatoms.